The number of likely N-dealkylation sites (N-methyl/N-ethyl adjacent to an activating group) is 1. The van der Waals surface area contributed by atoms with Crippen molar-refractivity contribution in [1.29, 1.82) is 0 Å². The van der Waals surface area contributed by atoms with E-state index in [1.165, 1.54) is 16.2 Å². The van der Waals surface area contributed by atoms with Crippen LogP contribution in [0.4, 0.5) is 4.79 Å². The number of amides is 3. The maximum absolute atomic E-state index is 12.1. The molecule has 1 aliphatic rings. The van der Waals surface area contributed by atoms with Crippen LogP contribution in [0.25, 0.3) is 10.2 Å². The zero-order valence-electron chi connectivity index (χ0n) is 11.2. The molecule has 1 aliphatic heterocycles. The molecule has 1 saturated heterocycles. The summed E-state index contributed by atoms with van der Waals surface area (Å²) in [5.74, 6) is 0.181. The molecule has 3 amide bonds. The van der Waals surface area contributed by atoms with Crippen molar-refractivity contribution in [3.63, 3.8) is 0 Å². The number of fused-ring (bicyclic) bond motifs is 1. The molecule has 2 aromatic rings. The van der Waals surface area contributed by atoms with E-state index in [4.69, 9.17) is 0 Å². The highest BCUT2D eigenvalue weighted by Gasteiger charge is 2.29. The van der Waals surface area contributed by atoms with E-state index in [1.807, 2.05) is 0 Å². The van der Waals surface area contributed by atoms with Gasteiger partial charge in [-0.05, 0) is 11.4 Å². The van der Waals surface area contributed by atoms with Crippen molar-refractivity contribution in [2.75, 3.05) is 13.6 Å². The van der Waals surface area contributed by atoms with Gasteiger partial charge in [0.15, 0.2) is 0 Å². The predicted molar refractivity (Wildman–Crippen MR) is 77.0 cm³/mol. The summed E-state index contributed by atoms with van der Waals surface area (Å²) < 4.78 is 0.569. The number of H-pyrrole nitrogens is 1. The number of hydrogen-bond donors (Lipinski definition) is 3. The summed E-state index contributed by atoms with van der Waals surface area (Å²) in [6.07, 6.45) is 0. The second kappa shape index (κ2) is 5.17. The third-order valence-corrected chi connectivity index (χ3v) is 4.10. The summed E-state index contributed by atoms with van der Waals surface area (Å²) in [5.41, 5.74) is 0.414. The Bertz CT molecular complexity index is 768. The Kier molecular flexibility index (Phi) is 3.34. The topological polar surface area (TPSA) is 107 Å². The van der Waals surface area contributed by atoms with E-state index < -0.39 is 6.04 Å². The van der Waals surface area contributed by atoms with Crippen LogP contribution in [0.1, 0.15) is 5.82 Å². The molecule has 3 rings (SSSR count). The lowest BCUT2D eigenvalue weighted by Gasteiger charge is -2.19. The number of nitrogens with zero attached hydrogens (tertiary/aromatic N) is 2. The van der Waals surface area contributed by atoms with Gasteiger partial charge in [-0.3, -0.25) is 9.59 Å². The second-order valence-electron chi connectivity index (χ2n) is 4.75. The quantitative estimate of drug-likeness (QED) is 0.718. The second-order valence-corrected chi connectivity index (χ2v) is 5.66. The van der Waals surface area contributed by atoms with Crippen LogP contribution < -0.4 is 16.2 Å². The predicted octanol–water partition coefficient (Wildman–Crippen LogP) is -0.376. The lowest BCUT2D eigenvalue weighted by Crippen LogP contribution is -2.43. The third kappa shape index (κ3) is 2.59. The summed E-state index contributed by atoms with van der Waals surface area (Å²) in [4.78, 5) is 43.5. The number of hydrogen-bond acceptors (Lipinski definition) is 5. The first-order valence-corrected chi connectivity index (χ1v) is 7.18. The highest BCUT2D eigenvalue weighted by atomic mass is 32.1. The van der Waals surface area contributed by atoms with E-state index >= 15 is 0 Å². The molecule has 0 spiro atoms. The van der Waals surface area contributed by atoms with Gasteiger partial charge in [0.2, 0.25) is 5.91 Å². The molecular weight excluding hydrogens is 294 g/mol. The van der Waals surface area contributed by atoms with Crippen molar-refractivity contribution >= 4 is 33.5 Å². The number of aromatic amines is 1. The molecule has 21 heavy (non-hydrogen) atoms. The molecule has 8 nitrogen and oxygen atoms in total. The van der Waals surface area contributed by atoms with E-state index in [0.29, 0.717) is 16.0 Å². The summed E-state index contributed by atoms with van der Waals surface area (Å²) in [5, 5.41) is 6.85. The van der Waals surface area contributed by atoms with Gasteiger partial charge in [0.05, 0.1) is 12.1 Å². The SMILES string of the molecule is CN(Cc1nc2ccsc2c(=O)[nH]1)C(=O)[C@@H]1CNC(=O)N1. The van der Waals surface area contributed by atoms with Gasteiger partial charge in [0.1, 0.15) is 16.6 Å². The molecule has 0 aliphatic carbocycles. The molecule has 0 aromatic carbocycles. The molecule has 110 valence electrons. The van der Waals surface area contributed by atoms with Crippen LogP contribution in [0, 0.1) is 0 Å². The molecule has 0 radical (unpaired) electrons. The average Bonchev–Trinajstić information content (AvgIpc) is 3.06. The standard InChI is InChI=1S/C12H13N5O3S/c1-17(11(19)7-4-13-12(20)15-7)5-8-14-6-2-3-21-9(6)10(18)16-8/h2-3,7H,4-5H2,1H3,(H2,13,15,20)(H,14,16,18)/t7-/m0/s1. The fraction of sp³-hybridized carbons (Fsp3) is 0.333. The minimum Gasteiger partial charge on any atom is -0.336 e. The van der Waals surface area contributed by atoms with Crippen molar-refractivity contribution in [2.45, 2.75) is 12.6 Å². The first kappa shape index (κ1) is 13.6. The number of aromatic nitrogens is 2. The lowest BCUT2D eigenvalue weighted by atomic mass is 10.2. The molecular formula is C12H13N5O3S. The number of rotatable bonds is 3. The van der Waals surface area contributed by atoms with E-state index in [0.717, 1.165) is 0 Å². The van der Waals surface area contributed by atoms with E-state index in [2.05, 4.69) is 20.6 Å². The molecule has 1 fully saturated rings. The van der Waals surface area contributed by atoms with Gasteiger partial charge >= 0.3 is 6.03 Å². The Morgan fingerprint density at radius 1 is 1.52 bits per heavy atom. The molecule has 9 heteroatoms. The minimum atomic E-state index is -0.584. The normalized spacial score (nSPS) is 17.6. The Labute approximate surface area is 123 Å². The fourth-order valence-corrected chi connectivity index (χ4v) is 2.89. The number of carbonyl (C=O) groups is 2. The van der Waals surface area contributed by atoms with Crippen LogP contribution in [-0.4, -0.2) is 46.4 Å². The summed E-state index contributed by atoms with van der Waals surface area (Å²) in [6.45, 7) is 0.432. The van der Waals surface area contributed by atoms with Crippen molar-refractivity contribution in [3.8, 4) is 0 Å². The zero-order chi connectivity index (χ0) is 15.0. The summed E-state index contributed by atoms with van der Waals surface area (Å²) in [6, 6.07) is 0.828. The fourth-order valence-electron chi connectivity index (χ4n) is 2.17. The molecule has 0 bridgehead atoms. The van der Waals surface area contributed by atoms with E-state index in [1.54, 1.807) is 18.5 Å². The van der Waals surface area contributed by atoms with E-state index in [-0.39, 0.29) is 30.6 Å². The van der Waals surface area contributed by atoms with E-state index in [9.17, 15) is 14.4 Å². The number of thiophene rings is 1. The highest BCUT2D eigenvalue weighted by Crippen LogP contribution is 2.14. The Hall–Kier alpha value is -2.42. The number of urea groups is 1. The third-order valence-electron chi connectivity index (χ3n) is 3.20. The van der Waals surface area contributed by atoms with Gasteiger partial charge in [0.25, 0.3) is 5.56 Å². The molecule has 1 atom stereocenters. The smallest absolute Gasteiger partial charge is 0.315 e. The maximum atomic E-state index is 12.1. The Morgan fingerprint density at radius 3 is 3.05 bits per heavy atom. The molecule has 0 unspecified atom stereocenters. The molecule has 3 N–H and O–H groups in total. The van der Waals surface area contributed by atoms with Gasteiger partial charge in [-0.1, -0.05) is 0 Å². The van der Waals surface area contributed by atoms with Crippen LogP contribution in [0.3, 0.4) is 0 Å². The Balaban J connectivity index is 1.76. The molecule has 3 heterocycles. The van der Waals surface area contributed by atoms with Crippen LogP contribution in [-0.2, 0) is 11.3 Å². The van der Waals surface area contributed by atoms with Crippen LogP contribution in [0.15, 0.2) is 16.2 Å². The molecule has 2 aromatic heterocycles. The van der Waals surface area contributed by atoms with Crippen LogP contribution in [0.5, 0.6) is 0 Å². The number of nitrogens with one attached hydrogen (secondary N) is 3. The van der Waals surface area contributed by atoms with Crippen molar-refractivity contribution in [1.82, 2.24) is 25.5 Å². The van der Waals surface area contributed by atoms with Crippen molar-refractivity contribution < 1.29 is 9.59 Å². The minimum absolute atomic E-state index is 0.173. The first-order chi connectivity index (χ1) is 10.0. The van der Waals surface area contributed by atoms with Crippen molar-refractivity contribution in [2.24, 2.45) is 0 Å². The van der Waals surface area contributed by atoms with Gasteiger partial charge in [-0.25, -0.2) is 9.78 Å². The van der Waals surface area contributed by atoms with Crippen LogP contribution in [0.2, 0.25) is 0 Å². The Morgan fingerprint density at radius 2 is 2.33 bits per heavy atom. The highest BCUT2D eigenvalue weighted by molar-refractivity contribution is 7.17. The largest absolute Gasteiger partial charge is 0.336 e. The summed E-state index contributed by atoms with van der Waals surface area (Å²) in [7, 11) is 1.60. The first-order valence-electron chi connectivity index (χ1n) is 6.30. The monoisotopic (exact) mass is 307 g/mol. The molecule has 0 saturated carbocycles. The van der Waals surface area contributed by atoms with Crippen molar-refractivity contribution in [3.05, 3.63) is 27.6 Å². The average molecular weight is 307 g/mol. The van der Waals surface area contributed by atoms with Gasteiger partial charge in [0, 0.05) is 13.6 Å². The number of carbonyl (C=O) groups excluding carboxylic acids is 2. The summed E-state index contributed by atoms with van der Waals surface area (Å²) >= 11 is 1.33. The lowest BCUT2D eigenvalue weighted by molar-refractivity contribution is -0.132. The zero-order valence-corrected chi connectivity index (χ0v) is 12.0. The maximum Gasteiger partial charge on any atom is 0.315 e. The van der Waals surface area contributed by atoms with Gasteiger partial charge in [-0.15, -0.1) is 11.3 Å². The van der Waals surface area contributed by atoms with Gasteiger partial charge in [-0.2, -0.15) is 0 Å². The van der Waals surface area contributed by atoms with Gasteiger partial charge < -0.3 is 20.5 Å². The van der Waals surface area contributed by atoms with Crippen LogP contribution >= 0.6 is 11.3 Å².